The average molecular weight is 256 g/mol. The Balaban J connectivity index is 2.11. The molecule has 1 aromatic carbocycles. The third kappa shape index (κ3) is 2.28. The predicted octanol–water partition coefficient (Wildman–Crippen LogP) is 2.36. The van der Waals surface area contributed by atoms with Gasteiger partial charge in [-0.1, -0.05) is 15.9 Å². The predicted molar refractivity (Wildman–Crippen MR) is 60.8 cm³/mol. The molecule has 1 N–H and O–H groups in total. The number of hydrogen-bond donors (Lipinski definition) is 1. The molecular formula is C11H14BrNO. The average Bonchev–Trinajstić information content (AvgIpc) is 2.10. The van der Waals surface area contributed by atoms with Gasteiger partial charge in [0.05, 0.1) is 7.11 Å². The van der Waals surface area contributed by atoms with E-state index in [1.807, 2.05) is 6.07 Å². The maximum absolute atomic E-state index is 5.22. The summed E-state index contributed by atoms with van der Waals surface area (Å²) in [6.45, 7) is 1.16. The molecule has 0 amide bonds. The smallest absolute Gasteiger partial charge is 0.120 e. The highest BCUT2D eigenvalue weighted by molar-refractivity contribution is 9.10. The summed E-state index contributed by atoms with van der Waals surface area (Å²) in [5.41, 5.74) is 1.33. The van der Waals surface area contributed by atoms with Gasteiger partial charge >= 0.3 is 0 Å². The lowest BCUT2D eigenvalue weighted by Gasteiger charge is -2.27. The normalized spacial score (nSPS) is 20.3. The Bertz CT molecular complexity index is 323. The van der Waals surface area contributed by atoms with E-state index in [0.717, 1.165) is 23.2 Å². The van der Waals surface area contributed by atoms with Gasteiger partial charge in [-0.15, -0.1) is 0 Å². The molecule has 1 aromatic rings. The first-order chi connectivity index (χ1) is 6.78. The topological polar surface area (TPSA) is 21.3 Å². The monoisotopic (exact) mass is 255 g/mol. The Hall–Kier alpha value is -0.540. The Kier molecular flexibility index (Phi) is 3.08. The van der Waals surface area contributed by atoms with E-state index in [1.165, 1.54) is 12.0 Å². The Morgan fingerprint density at radius 3 is 2.86 bits per heavy atom. The number of halogens is 1. The molecule has 14 heavy (non-hydrogen) atoms. The highest BCUT2D eigenvalue weighted by Crippen LogP contribution is 2.23. The third-order valence-electron chi connectivity index (χ3n) is 2.57. The van der Waals surface area contributed by atoms with Crippen LogP contribution in [0.5, 0.6) is 5.75 Å². The van der Waals surface area contributed by atoms with Crippen LogP contribution in [0.4, 0.5) is 0 Å². The second-order valence-corrected chi connectivity index (χ2v) is 4.56. The number of methoxy groups -OCH3 is 1. The van der Waals surface area contributed by atoms with Gasteiger partial charge in [0.2, 0.25) is 0 Å². The van der Waals surface area contributed by atoms with Gasteiger partial charge < -0.3 is 10.1 Å². The zero-order chi connectivity index (χ0) is 9.97. The second-order valence-electron chi connectivity index (χ2n) is 3.64. The van der Waals surface area contributed by atoms with Crippen molar-refractivity contribution in [2.45, 2.75) is 18.9 Å². The van der Waals surface area contributed by atoms with E-state index in [2.05, 4.69) is 33.4 Å². The van der Waals surface area contributed by atoms with Crippen LogP contribution in [-0.4, -0.2) is 19.7 Å². The summed E-state index contributed by atoms with van der Waals surface area (Å²) in [4.78, 5) is 0. The van der Waals surface area contributed by atoms with Crippen LogP contribution in [0, 0.1) is 0 Å². The number of rotatable bonds is 3. The minimum absolute atomic E-state index is 0.661. The molecule has 2 nitrogen and oxygen atoms in total. The lowest BCUT2D eigenvalue weighted by Crippen LogP contribution is -2.44. The molecule has 1 aliphatic heterocycles. The zero-order valence-electron chi connectivity index (χ0n) is 8.22. The maximum atomic E-state index is 5.22. The van der Waals surface area contributed by atoms with Crippen LogP contribution in [-0.2, 0) is 6.42 Å². The van der Waals surface area contributed by atoms with Gasteiger partial charge in [0.15, 0.2) is 0 Å². The quantitative estimate of drug-likeness (QED) is 0.896. The number of nitrogens with one attached hydrogen (secondary N) is 1. The van der Waals surface area contributed by atoms with Crippen LogP contribution in [0.1, 0.15) is 12.0 Å². The van der Waals surface area contributed by atoms with Gasteiger partial charge in [-0.25, -0.2) is 0 Å². The van der Waals surface area contributed by atoms with Crippen molar-refractivity contribution in [2.24, 2.45) is 0 Å². The summed E-state index contributed by atoms with van der Waals surface area (Å²) < 4.78 is 6.31. The van der Waals surface area contributed by atoms with E-state index >= 15 is 0 Å². The fourth-order valence-corrected chi connectivity index (χ4v) is 2.18. The number of benzene rings is 1. The van der Waals surface area contributed by atoms with Crippen LogP contribution in [0.3, 0.4) is 0 Å². The fraction of sp³-hybridized carbons (Fsp3) is 0.455. The van der Waals surface area contributed by atoms with E-state index in [0.29, 0.717) is 6.04 Å². The molecule has 1 unspecified atom stereocenters. The molecule has 0 spiro atoms. The SMILES string of the molecule is COc1cc(Br)cc(CC2CCN2)c1. The molecule has 1 heterocycles. The van der Waals surface area contributed by atoms with E-state index in [-0.39, 0.29) is 0 Å². The van der Waals surface area contributed by atoms with E-state index in [9.17, 15) is 0 Å². The van der Waals surface area contributed by atoms with Gasteiger partial charge in [-0.05, 0) is 43.1 Å². The Morgan fingerprint density at radius 1 is 1.50 bits per heavy atom. The first-order valence-corrected chi connectivity index (χ1v) is 5.64. The van der Waals surface area contributed by atoms with Crippen LogP contribution >= 0.6 is 15.9 Å². The molecule has 0 aromatic heterocycles. The summed E-state index contributed by atoms with van der Waals surface area (Å²) in [6, 6.07) is 6.90. The summed E-state index contributed by atoms with van der Waals surface area (Å²) in [5.74, 6) is 0.925. The lowest BCUT2D eigenvalue weighted by atomic mass is 9.98. The van der Waals surface area contributed by atoms with Gasteiger partial charge in [-0.3, -0.25) is 0 Å². The molecule has 0 aliphatic carbocycles. The molecule has 1 fully saturated rings. The molecule has 1 aliphatic rings. The van der Waals surface area contributed by atoms with Gasteiger partial charge in [-0.2, -0.15) is 0 Å². The molecule has 76 valence electrons. The summed E-state index contributed by atoms with van der Waals surface area (Å²) in [5, 5.41) is 3.39. The van der Waals surface area contributed by atoms with E-state index in [4.69, 9.17) is 4.74 Å². The molecule has 0 radical (unpaired) electrons. The largest absolute Gasteiger partial charge is 0.497 e. The van der Waals surface area contributed by atoms with Crippen molar-refractivity contribution >= 4 is 15.9 Å². The van der Waals surface area contributed by atoms with Crippen molar-refractivity contribution in [1.29, 1.82) is 0 Å². The van der Waals surface area contributed by atoms with Crippen LogP contribution < -0.4 is 10.1 Å². The minimum Gasteiger partial charge on any atom is -0.497 e. The van der Waals surface area contributed by atoms with Gasteiger partial charge in [0.25, 0.3) is 0 Å². The van der Waals surface area contributed by atoms with E-state index < -0.39 is 0 Å². The van der Waals surface area contributed by atoms with Crippen LogP contribution in [0.25, 0.3) is 0 Å². The summed E-state index contributed by atoms with van der Waals surface area (Å²) in [6.07, 6.45) is 2.38. The molecule has 1 saturated heterocycles. The van der Waals surface area contributed by atoms with E-state index in [1.54, 1.807) is 7.11 Å². The summed E-state index contributed by atoms with van der Waals surface area (Å²) >= 11 is 3.48. The standard InChI is InChI=1S/C11H14BrNO/c1-14-11-6-8(4-9(12)7-11)5-10-2-3-13-10/h4,6-7,10,13H,2-3,5H2,1H3. The van der Waals surface area contributed by atoms with Crippen molar-refractivity contribution < 1.29 is 4.74 Å². The molecule has 1 atom stereocenters. The minimum atomic E-state index is 0.661. The van der Waals surface area contributed by atoms with Crippen molar-refractivity contribution in [1.82, 2.24) is 5.32 Å². The zero-order valence-corrected chi connectivity index (χ0v) is 9.80. The van der Waals surface area contributed by atoms with Crippen LogP contribution in [0.2, 0.25) is 0 Å². The number of hydrogen-bond acceptors (Lipinski definition) is 2. The molecule has 0 saturated carbocycles. The van der Waals surface area contributed by atoms with Crippen LogP contribution in [0.15, 0.2) is 22.7 Å². The molecular weight excluding hydrogens is 242 g/mol. The first kappa shape index (κ1) is 9.99. The van der Waals surface area contributed by atoms with Gasteiger partial charge in [0.1, 0.15) is 5.75 Å². The third-order valence-corrected chi connectivity index (χ3v) is 3.03. The van der Waals surface area contributed by atoms with Crippen molar-refractivity contribution in [2.75, 3.05) is 13.7 Å². The summed E-state index contributed by atoms with van der Waals surface area (Å²) in [7, 11) is 1.70. The highest BCUT2D eigenvalue weighted by Gasteiger charge is 2.16. The van der Waals surface area contributed by atoms with Crippen molar-refractivity contribution in [3.8, 4) is 5.75 Å². The first-order valence-electron chi connectivity index (χ1n) is 4.85. The molecule has 2 rings (SSSR count). The lowest BCUT2D eigenvalue weighted by molar-refractivity contribution is 0.368. The second kappa shape index (κ2) is 4.32. The molecule has 0 bridgehead atoms. The van der Waals surface area contributed by atoms with Crippen molar-refractivity contribution in [3.05, 3.63) is 28.2 Å². The fourth-order valence-electron chi connectivity index (χ4n) is 1.66. The van der Waals surface area contributed by atoms with Crippen molar-refractivity contribution in [3.63, 3.8) is 0 Å². The highest BCUT2D eigenvalue weighted by atomic mass is 79.9. The number of ether oxygens (including phenoxy) is 1. The Morgan fingerprint density at radius 2 is 2.29 bits per heavy atom. The van der Waals surface area contributed by atoms with Gasteiger partial charge in [0, 0.05) is 10.5 Å². The Labute approximate surface area is 92.8 Å². The maximum Gasteiger partial charge on any atom is 0.120 e. The molecule has 3 heteroatoms.